The summed E-state index contributed by atoms with van der Waals surface area (Å²) in [5.41, 5.74) is 10.3. The fraction of sp³-hybridized carbons (Fsp3) is 0.419. The van der Waals surface area contributed by atoms with Crippen molar-refractivity contribution in [2.45, 2.75) is 57.2 Å². The number of β-amino-alcohol motifs (C(OH)–C–C–N with tert-alkyl or cyclic N) is 1. The molecule has 0 amide bonds. The van der Waals surface area contributed by atoms with E-state index in [1.54, 1.807) is 6.20 Å². The molecule has 2 aliphatic rings. The molecule has 0 radical (unpaired) electrons. The molecule has 38 heavy (non-hydrogen) atoms. The normalized spacial score (nSPS) is 22.5. The van der Waals surface area contributed by atoms with Crippen molar-refractivity contribution in [2.75, 3.05) is 25.4 Å². The van der Waals surface area contributed by atoms with E-state index in [2.05, 4.69) is 32.5 Å². The number of imidazole rings is 1. The highest BCUT2D eigenvalue weighted by molar-refractivity contribution is 5.85. The molecule has 1 saturated carbocycles. The first-order valence-electron chi connectivity index (χ1n) is 13.9. The third-order valence-corrected chi connectivity index (χ3v) is 8.18. The second-order valence-corrected chi connectivity index (χ2v) is 10.9. The number of aliphatic hydroxyl groups excluding tert-OH is 1. The van der Waals surface area contributed by atoms with E-state index in [-0.39, 0.29) is 6.10 Å². The lowest BCUT2D eigenvalue weighted by Crippen LogP contribution is -2.41. The summed E-state index contributed by atoms with van der Waals surface area (Å²) in [7, 11) is 0. The van der Waals surface area contributed by atoms with Crippen LogP contribution in [0.3, 0.4) is 0 Å². The molecule has 4 aromatic rings. The fourth-order valence-electron chi connectivity index (χ4n) is 6.22. The minimum Gasteiger partial charge on any atom is -0.489 e. The molecule has 7 nitrogen and oxygen atoms in total. The number of anilines is 1. The number of likely N-dealkylation sites (tertiary alicyclic amines) is 1. The molecule has 1 unspecified atom stereocenters. The van der Waals surface area contributed by atoms with E-state index < -0.39 is 0 Å². The third kappa shape index (κ3) is 5.40. The van der Waals surface area contributed by atoms with E-state index >= 15 is 0 Å². The Kier molecular flexibility index (Phi) is 7.29. The number of rotatable bonds is 7. The predicted octanol–water partition coefficient (Wildman–Crippen LogP) is 5.29. The van der Waals surface area contributed by atoms with Crippen LogP contribution in [0.15, 0.2) is 67.0 Å². The second kappa shape index (κ2) is 11.1. The van der Waals surface area contributed by atoms with Crippen LogP contribution in [0.5, 0.6) is 5.75 Å². The summed E-state index contributed by atoms with van der Waals surface area (Å²) in [6.45, 7) is 3.56. The molecular weight excluding hydrogens is 474 g/mol. The Bertz CT molecular complexity index is 1360. The van der Waals surface area contributed by atoms with Crippen LogP contribution in [0, 0.1) is 5.92 Å². The van der Waals surface area contributed by atoms with Crippen molar-refractivity contribution >= 4 is 11.3 Å². The Morgan fingerprint density at radius 3 is 2.66 bits per heavy atom. The highest BCUT2D eigenvalue weighted by Gasteiger charge is 2.29. The molecule has 1 aliphatic carbocycles. The number of nitrogen functional groups attached to an aromatic ring is 1. The maximum absolute atomic E-state index is 10.0. The van der Waals surface area contributed by atoms with Crippen molar-refractivity contribution in [1.82, 2.24) is 19.3 Å². The van der Waals surface area contributed by atoms with Gasteiger partial charge in [-0.3, -0.25) is 4.40 Å². The number of hydrogen-bond donors (Lipinski definition) is 2. The Morgan fingerprint density at radius 2 is 1.84 bits per heavy atom. The molecule has 1 atom stereocenters. The van der Waals surface area contributed by atoms with Crippen LogP contribution in [0.25, 0.3) is 16.8 Å². The summed E-state index contributed by atoms with van der Waals surface area (Å²) in [5, 5.41) is 10.0. The van der Waals surface area contributed by atoms with Crippen LogP contribution < -0.4 is 10.5 Å². The zero-order valence-corrected chi connectivity index (χ0v) is 21.9. The largest absolute Gasteiger partial charge is 0.489 e. The number of ether oxygens (including phenoxy) is 1. The standard InChI is InChI=1S/C31H37N5O2/c32-30-29-28(25-8-4-10-27(18-25)38-21-23-6-2-1-3-7-23)34-31(36(29)17-15-33-30)24-13-11-22(12-14-24)19-35-16-5-9-26(37)20-35/h1-4,6-8,10,15,17-18,22,24,26,37H,5,9,11-14,16,19-21H2,(H2,32,33). The lowest BCUT2D eigenvalue weighted by molar-refractivity contribution is 0.0574. The zero-order chi connectivity index (χ0) is 25.9. The summed E-state index contributed by atoms with van der Waals surface area (Å²) < 4.78 is 8.25. The van der Waals surface area contributed by atoms with Crippen molar-refractivity contribution in [3.8, 4) is 17.0 Å². The molecule has 2 aromatic carbocycles. The van der Waals surface area contributed by atoms with Crippen molar-refractivity contribution < 1.29 is 9.84 Å². The van der Waals surface area contributed by atoms with Gasteiger partial charge in [0.15, 0.2) is 0 Å². The smallest absolute Gasteiger partial charge is 0.150 e. The molecule has 1 aliphatic heterocycles. The third-order valence-electron chi connectivity index (χ3n) is 8.18. The molecule has 3 heterocycles. The van der Waals surface area contributed by atoms with E-state index in [0.717, 1.165) is 79.2 Å². The van der Waals surface area contributed by atoms with Crippen molar-refractivity contribution in [2.24, 2.45) is 5.92 Å². The first-order chi connectivity index (χ1) is 18.6. The summed E-state index contributed by atoms with van der Waals surface area (Å²) in [6, 6.07) is 18.3. The molecule has 7 heteroatoms. The van der Waals surface area contributed by atoms with Gasteiger partial charge in [-0.15, -0.1) is 0 Å². The van der Waals surface area contributed by atoms with Gasteiger partial charge in [0.05, 0.1) is 6.10 Å². The lowest BCUT2D eigenvalue weighted by Gasteiger charge is -2.35. The van der Waals surface area contributed by atoms with Crippen molar-refractivity contribution in [3.63, 3.8) is 0 Å². The highest BCUT2D eigenvalue weighted by atomic mass is 16.5. The number of piperidine rings is 1. The average molecular weight is 512 g/mol. The van der Waals surface area contributed by atoms with Crippen LogP contribution >= 0.6 is 0 Å². The van der Waals surface area contributed by atoms with E-state index in [1.165, 1.54) is 12.8 Å². The van der Waals surface area contributed by atoms with Crippen LogP contribution in [0.1, 0.15) is 55.8 Å². The molecule has 6 rings (SSSR count). The minimum atomic E-state index is -0.156. The summed E-state index contributed by atoms with van der Waals surface area (Å²) in [6.07, 6.45) is 10.3. The Labute approximate surface area is 224 Å². The van der Waals surface area contributed by atoms with Gasteiger partial charge in [-0.2, -0.15) is 0 Å². The predicted molar refractivity (Wildman–Crippen MR) is 150 cm³/mol. The summed E-state index contributed by atoms with van der Waals surface area (Å²) >= 11 is 0. The van der Waals surface area contributed by atoms with Gasteiger partial charge < -0.3 is 20.5 Å². The van der Waals surface area contributed by atoms with Crippen LogP contribution in [-0.4, -0.2) is 50.1 Å². The van der Waals surface area contributed by atoms with Gasteiger partial charge in [-0.05, 0) is 68.7 Å². The highest BCUT2D eigenvalue weighted by Crippen LogP contribution is 2.39. The monoisotopic (exact) mass is 511 g/mol. The van der Waals surface area contributed by atoms with Gasteiger partial charge in [0.2, 0.25) is 0 Å². The van der Waals surface area contributed by atoms with Crippen LogP contribution in [-0.2, 0) is 6.61 Å². The Hall–Kier alpha value is -3.42. The average Bonchev–Trinajstić information content (AvgIpc) is 3.34. The van der Waals surface area contributed by atoms with Crippen molar-refractivity contribution in [1.29, 1.82) is 0 Å². The number of aliphatic hydroxyl groups is 1. The molecular formula is C31H37N5O2. The van der Waals surface area contributed by atoms with Gasteiger partial charge in [-0.1, -0.05) is 42.5 Å². The lowest BCUT2D eigenvalue weighted by atomic mass is 9.81. The maximum atomic E-state index is 10.0. The van der Waals surface area contributed by atoms with E-state index in [1.807, 2.05) is 42.6 Å². The summed E-state index contributed by atoms with van der Waals surface area (Å²) in [5.74, 6) is 3.45. The minimum absolute atomic E-state index is 0.156. The summed E-state index contributed by atoms with van der Waals surface area (Å²) in [4.78, 5) is 12.1. The molecule has 0 bridgehead atoms. The first kappa shape index (κ1) is 24.9. The number of aromatic nitrogens is 3. The van der Waals surface area contributed by atoms with E-state index in [4.69, 9.17) is 15.5 Å². The molecule has 2 fully saturated rings. The van der Waals surface area contributed by atoms with Gasteiger partial charge in [-0.25, -0.2) is 9.97 Å². The van der Waals surface area contributed by atoms with Gasteiger partial charge >= 0.3 is 0 Å². The quantitative estimate of drug-likeness (QED) is 0.351. The fourth-order valence-corrected chi connectivity index (χ4v) is 6.22. The number of hydrogen-bond acceptors (Lipinski definition) is 6. The van der Waals surface area contributed by atoms with Crippen molar-refractivity contribution in [3.05, 3.63) is 78.4 Å². The molecule has 198 valence electrons. The first-order valence-corrected chi connectivity index (χ1v) is 13.9. The molecule has 3 N–H and O–H groups in total. The van der Waals surface area contributed by atoms with Crippen LogP contribution in [0.4, 0.5) is 5.82 Å². The SMILES string of the molecule is Nc1nccn2c(C3CCC(CN4CCCC(O)C4)CC3)nc(-c3cccc(OCc4ccccc4)c3)c12. The van der Waals surface area contributed by atoms with Gasteiger partial charge in [0.1, 0.15) is 35.2 Å². The zero-order valence-electron chi connectivity index (χ0n) is 21.9. The topological polar surface area (TPSA) is 88.9 Å². The van der Waals surface area contributed by atoms with Crippen LogP contribution in [0.2, 0.25) is 0 Å². The van der Waals surface area contributed by atoms with Gasteiger partial charge in [0, 0.05) is 37.0 Å². The maximum Gasteiger partial charge on any atom is 0.150 e. The Balaban J connectivity index is 1.21. The molecule has 1 saturated heterocycles. The number of fused-ring (bicyclic) bond motifs is 1. The number of benzene rings is 2. The molecule has 0 spiro atoms. The molecule has 2 aromatic heterocycles. The Morgan fingerprint density at radius 1 is 1.00 bits per heavy atom. The van der Waals surface area contributed by atoms with E-state index in [9.17, 15) is 5.11 Å². The number of nitrogens with zero attached hydrogens (tertiary/aromatic N) is 4. The number of nitrogens with two attached hydrogens (primary N) is 1. The van der Waals surface area contributed by atoms with Gasteiger partial charge in [0.25, 0.3) is 0 Å². The van der Waals surface area contributed by atoms with E-state index in [0.29, 0.717) is 24.3 Å². The second-order valence-electron chi connectivity index (χ2n) is 10.9.